The van der Waals surface area contributed by atoms with Crippen LogP contribution in [0.5, 0.6) is 0 Å². The van der Waals surface area contributed by atoms with Crippen molar-refractivity contribution >= 4 is 11.9 Å². The zero-order chi connectivity index (χ0) is 17.9. The minimum atomic E-state index is -0.864. The predicted octanol–water partition coefficient (Wildman–Crippen LogP) is 2.98. The normalized spacial score (nSPS) is 19.6. The summed E-state index contributed by atoms with van der Waals surface area (Å²) in [5.41, 5.74) is 1.15. The molecule has 25 heavy (non-hydrogen) atoms. The third-order valence-electron chi connectivity index (χ3n) is 5.75. The number of methoxy groups -OCH3 is 1. The Bertz CT molecular complexity index is 630. The molecule has 5 heteroatoms. The maximum atomic E-state index is 12.8. The Labute approximate surface area is 149 Å². The van der Waals surface area contributed by atoms with Crippen LogP contribution in [0.4, 0.5) is 0 Å². The van der Waals surface area contributed by atoms with Crippen LogP contribution >= 0.6 is 0 Å². The van der Waals surface area contributed by atoms with Crippen molar-refractivity contribution in [3.63, 3.8) is 0 Å². The number of carbonyl (C=O) groups is 2. The van der Waals surface area contributed by atoms with Gasteiger partial charge >= 0.3 is 5.97 Å². The van der Waals surface area contributed by atoms with Crippen molar-refractivity contribution in [2.75, 3.05) is 26.8 Å². The fraction of sp³-hybridized carbons (Fsp3) is 0.600. The molecule has 0 atom stereocenters. The van der Waals surface area contributed by atoms with E-state index in [0.29, 0.717) is 24.0 Å². The molecule has 1 saturated heterocycles. The number of amides is 1. The summed E-state index contributed by atoms with van der Waals surface area (Å²) in [5.74, 6) is -0.121. The Balaban J connectivity index is 1.54. The third kappa shape index (κ3) is 4.03. The van der Waals surface area contributed by atoms with Crippen LogP contribution in [-0.4, -0.2) is 48.7 Å². The van der Waals surface area contributed by atoms with Gasteiger partial charge in [0, 0.05) is 26.8 Å². The average Bonchev–Trinajstić information content (AvgIpc) is 3.41. The van der Waals surface area contributed by atoms with Gasteiger partial charge in [-0.2, -0.15) is 0 Å². The molecular weight excluding hydrogens is 318 g/mol. The lowest BCUT2D eigenvalue weighted by molar-refractivity contribution is -0.139. The number of carboxylic acids is 1. The summed E-state index contributed by atoms with van der Waals surface area (Å²) >= 11 is 0. The van der Waals surface area contributed by atoms with Crippen LogP contribution < -0.4 is 0 Å². The van der Waals surface area contributed by atoms with Crippen LogP contribution in [0.2, 0.25) is 0 Å². The summed E-state index contributed by atoms with van der Waals surface area (Å²) in [6.07, 6.45) is 5.47. The first-order valence-corrected chi connectivity index (χ1v) is 9.15. The lowest BCUT2D eigenvalue weighted by Gasteiger charge is -2.34. The quantitative estimate of drug-likeness (QED) is 0.825. The van der Waals surface area contributed by atoms with Crippen molar-refractivity contribution in [3.05, 3.63) is 35.4 Å². The molecule has 1 aliphatic heterocycles. The van der Waals surface area contributed by atoms with Gasteiger partial charge in [0.2, 0.25) is 5.91 Å². The minimum absolute atomic E-state index is 0.154. The van der Waals surface area contributed by atoms with Gasteiger partial charge < -0.3 is 14.7 Å². The lowest BCUT2D eigenvalue weighted by Crippen LogP contribution is -2.43. The van der Waals surface area contributed by atoms with Crippen molar-refractivity contribution in [3.8, 4) is 0 Å². The Hall–Kier alpha value is -1.88. The fourth-order valence-electron chi connectivity index (χ4n) is 3.91. The fourth-order valence-corrected chi connectivity index (χ4v) is 3.91. The molecule has 2 fully saturated rings. The van der Waals surface area contributed by atoms with E-state index in [-0.39, 0.29) is 5.41 Å². The van der Waals surface area contributed by atoms with Gasteiger partial charge in [0.15, 0.2) is 0 Å². The number of carboxylic acid groups (broad SMARTS) is 1. The number of piperidine rings is 1. The first kappa shape index (κ1) is 17.9. The van der Waals surface area contributed by atoms with E-state index < -0.39 is 5.97 Å². The second kappa shape index (κ2) is 7.56. The maximum absolute atomic E-state index is 12.8. The molecular formula is C20H27NO4. The van der Waals surface area contributed by atoms with Crippen molar-refractivity contribution < 1.29 is 19.4 Å². The molecule has 3 rings (SSSR count). The number of carbonyl (C=O) groups excluding carboxylic acids is 1. The van der Waals surface area contributed by atoms with Crippen LogP contribution in [0.1, 0.15) is 48.0 Å². The molecule has 136 valence electrons. The Morgan fingerprint density at radius 3 is 2.52 bits per heavy atom. The second-order valence-corrected chi connectivity index (χ2v) is 7.43. The highest BCUT2D eigenvalue weighted by Crippen LogP contribution is 2.50. The summed E-state index contributed by atoms with van der Waals surface area (Å²) in [5, 5.41) is 9.31. The summed E-state index contributed by atoms with van der Waals surface area (Å²) in [7, 11) is 1.68. The Kier molecular flexibility index (Phi) is 5.42. The molecule has 1 amide bonds. The molecule has 0 bridgehead atoms. The van der Waals surface area contributed by atoms with Crippen LogP contribution in [0.3, 0.4) is 0 Å². The summed E-state index contributed by atoms with van der Waals surface area (Å²) in [6, 6.07) is 7.24. The topological polar surface area (TPSA) is 66.8 Å². The molecule has 1 N–H and O–H groups in total. The molecule has 0 spiro atoms. The number of nitrogens with zero attached hydrogens (tertiary/aromatic N) is 1. The molecule has 1 aromatic rings. The monoisotopic (exact) mass is 345 g/mol. The highest BCUT2D eigenvalue weighted by molar-refractivity contribution is 5.89. The number of rotatable bonds is 7. The van der Waals surface area contributed by atoms with Gasteiger partial charge in [0.25, 0.3) is 0 Å². The van der Waals surface area contributed by atoms with E-state index in [1.807, 2.05) is 17.0 Å². The van der Waals surface area contributed by atoms with E-state index >= 15 is 0 Å². The van der Waals surface area contributed by atoms with E-state index in [1.54, 1.807) is 19.2 Å². The van der Waals surface area contributed by atoms with Gasteiger partial charge in [0.1, 0.15) is 0 Å². The predicted molar refractivity (Wildman–Crippen MR) is 94.6 cm³/mol. The highest BCUT2D eigenvalue weighted by Gasteiger charge is 2.51. The summed E-state index contributed by atoms with van der Waals surface area (Å²) in [6.45, 7) is 2.22. The smallest absolute Gasteiger partial charge is 0.335 e. The zero-order valence-electron chi connectivity index (χ0n) is 14.9. The zero-order valence-corrected chi connectivity index (χ0v) is 14.9. The Morgan fingerprint density at radius 1 is 1.24 bits per heavy atom. The van der Waals surface area contributed by atoms with Crippen molar-refractivity contribution in [2.45, 2.75) is 38.5 Å². The Morgan fingerprint density at radius 2 is 1.92 bits per heavy atom. The van der Waals surface area contributed by atoms with E-state index in [2.05, 4.69) is 0 Å². The SMILES string of the molecule is COCCC1(C(=O)N2CCC(Cc3ccccc3C(=O)O)CC2)CC1. The van der Waals surface area contributed by atoms with Crippen LogP contribution in [0.15, 0.2) is 24.3 Å². The standard InChI is InChI=1S/C20H27NO4/c1-25-13-10-20(8-9-20)19(24)21-11-6-15(7-12-21)14-16-4-2-3-5-17(16)18(22)23/h2-5,15H,6-14H2,1H3,(H,22,23). The van der Waals surface area contributed by atoms with Gasteiger partial charge in [-0.1, -0.05) is 18.2 Å². The lowest BCUT2D eigenvalue weighted by atomic mass is 9.87. The van der Waals surface area contributed by atoms with Crippen LogP contribution in [0.25, 0.3) is 0 Å². The van der Waals surface area contributed by atoms with E-state index in [0.717, 1.165) is 57.2 Å². The molecule has 1 aliphatic carbocycles. The second-order valence-electron chi connectivity index (χ2n) is 7.43. The highest BCUT2D eigenvalue weighted by atomic mass is 16.5. The average molecular weight is 345 g/mol. The summed E-state index contributed by atoms with van der Waals surface area (Å²) in [4.78, 5) is 26.2. The molecule has 0 unspecified atom stereocenters. The van der Waals surface area contributed by atoms with Crippen LogP contribution in [0, 0.1) is 11.3 Å². The number of hydrogen-bond donors (Lipinski definition) is 1. The number of likely N-dealkylation sites (tertiary alicyclic amines) is 1. The molecule has 5 nitrogen and oxygen atoms in total. The largest absolute Gasteiger partial charge is 0.478 e. The van der Waals surface area contributed by atoms with Crippen molar-refractivity contribution in [1.82, 2.24) is 4.90 Å². The third-order valence-corrected chi connectivity index (χ3v) is 5.75. The number of hydrogen-bond acceptors (Lipinski definition) is 3. The number of benzene rings is 1. The first-order valence-electron chi connectivity index (χ1n) is 9.15. The van der Waals surface area contributed by atoms with Gasteiger partial charge in [-0.3, -0.25) is 4.79 Å². The summed E-state index contributed by atoms with van der Waals surface area (Å²) < 4.78 is 5.15. The van der Waals surface area contributed by atoms with Gasteiger partial charge in [-0.25, -0.2) is 4.79 Å². The molecule has 0 aromatic heterocycles. The molecule has 1 aromatic carbocycles. The van der Waals surface area contributed by atoms with Crippen molar-refractivity contribution in [2.24, 2.45) is 11.3 Å². The molecule has 2 aliphatic rings. The van der Waals surface area contributed by atoms with Gasteiger partial charge in [-0.15, -0.1) is 0 Å². The maximum Gasteiger partial charge on any atom is 0.335 e. The molecule has 0 radical (unpaired) electrons. The molecule has 1 heterocycles. The van der Waals surface area contributed by atoms with E-state index in [9.17, 15) is 14.7 Å². The van der Waals surface area contributed by atoms with Gasteiger partial charge in [-0.05, 0) is 56.1 Å². The van der Waals surface area contributed by atoms with E-state index in [1.165, 1.54) is 0 Å². The number of ether oxygens (including phenoxy) is 1. The molecule has 1 saturated carbocycles. The van der Waals surface area contributed by atoms with E-state index in [4.69, 9.17) is 4.74 Å². The van der Waals surface area contributed by atoms with Gasteiger partial charge in [0.05, 0.1) is 11.0 Å². The number of aromatic carboxylic acids is 1. The van der Waals surface area contributed by atoms with Crippen molar-refractivity contribution in [1.29, 1.82) is 0 Å². The van der Waals surface area contributed by atoms with Crippen LogP contribution in [-0.2, 0) is 16.0 Å². The minimum Gasteiger partial charge on any atom is -0.478 e. The first-order chi connectivity index (χ1) is 12.1.